The van der Waals surface area contributed by atoms with Gasteiger partial charge in [0.2, 0.25) is 0 Å². The SMILES string of the molecule is NNC(Cc1sccc1Br)c1ccc(Br)cc1Cl. The van der Waals surface area contributed by atoms with Gasteiger partial charge in [-0.15, -0.1) is 11.3 Å². The molecule has 6 heteroatoms. The Bertz CT molecular complexity index is 545. The predicted octanol–water partition coefficient (Wildman–Crippen LogP) is 4.67. The molecule has 1 atom stereocenters. The topological polar surface area (TPSA) is 38.0 Å². The highest BCUT2D eigenvalue weighted by Crippen LogP contribution is 2.31. The molecule has 2 rings (SSSR count). The number of hydrazine groups is 1. The van der Waals surface area contributed by atoms with Crippen LogP contribution < -0.4 is 11.3 Å². The molecule has 0 aliphatic carbocycles. The Kier molecular flexibility index (Phi) is 5.24. The van der Waals surface area contributed by atoms with Crippen LogP contribution in [-0.2, 0) is 6.42 Å². The first kappa shape index (κ1) is 14.5. The Morgan fingerprint density at radius 2 is 2.11 bits per heavy atom. The molecule has 0 bridgehead atoms. The van der Waals surface area contributed by atoms with Crippen molar-refractivity contribution in [3.05, 3.63) is 54.1 Å². The molecule has 18 heavy (non-hydrogen) atoms. The van der Waals surface area contributed by atoms with Gasteiger partial charge in [-0.05, 0) is 45.1 Å². The summed E-state index contributed by atoms with van der Waals surface area (Å²) >= 11 is 14.9. The maximum absolute atomic E-state index is 6.25. The minimum atomic E-state index is 0.000509. The number of nitrogens with two attached hydrogens (primary N) is 1. The van der Waals surface area contributed by atoms with E-state index in [4.69, 9.17) is 17.4 Å². The molecule has 2 aromatic rings. The van der Waals surface area contributed by atoms with Crippen molar-refractivity contribution in [2.45, 2.75) is 12.5 Å². The second kappa shape index (κ2) is 6.50. The van der Waals surface area contributed by atoms with Gasteiger partial charge in [-0.25, -0.2) is 0 Å². The number of thiophene rings is 1. The van der Waals surface area contributed by atoms with Crippen molar-refractivity contribution in [2.75, 3.05) is 0 Å². The number of nitrogens with one attached hydrogen (secondary N) is 1. The van der Waals surface area contributed by atoms with Crippen molar-refractivity contribution in [1.82, 2.24) is 5.43 Å². The lowest BCUT2D eigenvalue weighted by Gasteiger charge is -2.17. The van der Waals surface area contributed by atoms with Gasteiger partial charge >= 0.3 is 0 Å². The summed E-state index contributed by atoms with van der Waals surface area (Å²) in [4.78, 5) is 1.25. The van der Waals surface area contributed by atoms with Crippen LogP contribution in [-0.4, -0.2) is 0 Å². The smallest absolute Gasteiger partial charge is 0.0523 e. The first-order valence-electron chi connectivity index (χ1n) is 5.24. The molecular weight excluding hydrogens is 399 g/mol. The Balaban J connectivity index is 2.26. The second-order valence-corrected chi connectivity index (χ2v) is 6.96. The fraction of sp³-hybridized carbons (Fsp3) is 0.167. The van der Waals surface area contributed by atoms with Crippen LogP contribution >= 0.6 is 54.8 Å². The average Bonchev–Trinajstić information content (AvgIpc) is 2.73. The molecule has 0 fully saturated rings. The molecule has 0 saturated carbocycles. The maximum atomic E-state index is 6.25. The zero-order chi connectivity index (χ0) is 13.1. The van der Waals surface area contributed by atoms with Gasteiger partial charge in [0.15, 0.2) is 0 Å². The van der Waals surface area contributed by atoms with Gasteiger partial charge in [-0.2, -0.15) is 0 Å². The van der Waals surface area contributed by atoms with E-state index in [1.165, 1.54) is 4.88 Å². The van der Waals surface area contributed by atoms with Gasteiger partial charge < -0.3 is 0 Å². The number of rotatable bonds is 4. The first-order chi connectivity index (χ1) is 8.61. The van der Waals surface area contributed by atoms with Crippen LogP contribution in [0, 0.1) is 0 Å². The van der Waals surface area contributed by atoms with Crippen molar-refractivity contribution >= 4 is 54.8 Å². The van der Waals surface area contributed by atoms with Crippen molar-refractivity contribution < 1.29 is 0 Å². The third kappa shape index (κ3) is 3.35. The summed E-state index contributed by atoms with van der Waals surface area (Å²) in [5, 5.41) is 2.76. The van der Waals surface area contributed by atoms with E-state index in [-0.39, 0.29) is 6.04 Å². The minimum Gasteiger partial charge on any atom is -0.271 e. The summed E-state index contributed by atoms with van der Waals surface area (Å²) in [5.41, 5.74) is 3.83. The zero-order valence-corrected chi connectivity index (χ0v) is 14.0. The fourth-order valence-corrected chi connectivity index (χ4v) is 4.07. The van der Waals surface area contributed by atoms with E-state index in [0.717, 1.165) is 20.9 Å². The highest BCUT2D eigenvalue weighted by molar-refractivity contribution is 9.10. The third-order valence-electron chi connectivity index (χ3n) is 2.62. The monoisotopic (exact) mass is 408 g/mol. The highest BCUT2D eigenvalue weighted by Gasteiger charge is 2.16. The Labute approximate surface area is 132 Å². The predicted molar refractivity (Wildman–Crippen MR) is 84.9 cm³/mol. The molecule has 1 heterocycles. The second-order valence-electron chi connectivity index (χ2n) is 3.78. The normalized spacial score (nSPS) is 12.7. The molecule has 0 radical (unpaired) electrons. The van der Waals surface area contributed by atoms with Crippen molar-refractivity contribution in [1.29, 1.82) is 0 Å². The molecule has 3 N–H and O–H groups in total. The molecule has 0 spiro atoms. The lowest BCUT2D eigenvalue weighted by atomic mass is 10.0. The van der Waals surface area contributed by atoms with Gasteiger partial charge in [-0.3, -0.25) is 11.3 Å². The standard InChI is InChI=1S/C12H11Br2ClN2S/c13-7-1-2-8(10(15)5-7)11(17-16)6-12-9(14)3-4-18-12/h1-5,11,17H,6,16H2. The van der Waals surface area contributed by atoms with Gasteiger partial charge in [0.05, 0.1) is 6.04 Å². The van der Waals surface area contributed by atoms with E-state index in [1.807, 2.05) is 24.3 Å². The lowest BCUT2D eigenvalue weighted by molar-refractivity contribution is 0.555. The molecule has 0 saturated heterocycles. The summed E-state index contributed by atoms with van der Waals surface area (Å²) in [6.45, 7) is 0. The molecule has 1 unspecified atom stereocenters. The summed E-state index contributed by atoms with van der Waals surface area (Å²) in [6.07, 6.45) is 0.802. The summed E-state index contributed by atoms with van der Waals surface area (Å²) in [7, 11) is 0. The Morgan fingerprint density at radius 1 is 1.33 bits per heavy atom. The largest absolute Gasteiger partial charge is 0.271 e. The number of hydrogen-bond acceptors (Lipinski definition) is 3. The van der Waals surface area contributed by atoms with Crippen LogP contribution in [0.3, 0.4) is 0 Å². The van der Waals surface area contributed by atoms with E-state index >= 15 is 0 Å². The number of hydrogen-bond donors (Lipinski definition) is 2. The molecule has 1 aromatic heterocycles. The van der Waals surface area contributed by atoms with Crippen LogP contribution in [0.15, 0.2) is 38.6 Å². The van der Waals surface area contributed by atoms with Crippen molar-refractivity contribution in [2.24, 2.45) is 5.84 Å². The molecule has 0 aliphatic rings. The van der Waals surface area contributed by atoms with Crippen LogP contribution in [0.5, 0.6) is 0 Å². The van der Waals surface area contributed by atoms with E-state index < -0.39 is 0 Å². The van der Waals surface area contributed by atoms with Crippen LogP contribution in [0.2, 0.25) is 5.02 Å². The minimum absolute atomic E-state index is 0.000509. The summed E-state index contributed by atoms with van der Waals surface area (Å²) in [5.74, 6) is 5.65. The zero-order valence-electron chi connectivity index (χ0n) is 9.29. The van der Waals surface area contributed by atoms with Crippen LogP contribution in [0.4, 0.5) is 0 Å². The number of halogens is 3. The third-order valence-corrected chi connectivity index (χ3v) is 5.39. The lowest BCUT2D eigenvalue weighted by Crippen LogP contribution is -2.29. The van der Waals surface area contributed by atoms with Crippen molar-refractivity contribution in [3.63, 3.8) is 0 Å². The Morgan fingerprint density at radius 3 is 2.67 bits per heavy atom. The van der Waals surface area contributed by atoms with E-state index in [0.29, 0.717) is 5.02 Å². The summed E-state index contributed by atoms with van der Waals surface area (Å²) < 4.78 is 2.07. The molecule has 1 aromatic carbocycles. The maximum Gasteiger partial charge on any atom is 0.0523 e. The molecule has 96 valence electrons. The van der Waals surface area contributed by atoms with Gasteiger partial charge in [-0.1, -0.05) is 33.6 Å². The van der Waals surface area contributed by atoms with Gasteiger partial charge in [0.1, 0.15) is 0 Å². The molecule has 2 nitrogen and oxygen atoms in total. The average molecular weight is 411 g/mol. The quantitative estimate of drug-likeness (QED) is 0.568. The van der Waals surface area contributed by atoms with E-state index in [1.54, 1.807) is 11.3 Å². The molecular formula is C12H11Br2ClN2S. The number of benzene rings is 1. The highest BCUT2D eigenvalue weighted by atomic mass is 79.9. The van der Waals surface area contributed by atoms with E-state index in [9.17, 15) is 0 Å². The van der Waals surface area contributed by atoms with Crippen LogP contribution in [0.25, 0.3) is 0 Å². The van der Waals surface area contributed by atoms with Gasteiger partial charge in [0.25, 0.3) is 0 Å². The van der Waals surface area contributed by atoms with Crippen LogP contribution in [0.1, 0.15) is 16.5 Å². The van der Waals surface area contributed by atoms with Crippen molar-refractivity contribution in [3.8, 4) is 0 Å². The first-order valence-corrected chi connectivity index (χ1v) is 8.09. The van der Waals surface area contributed by atoms with E-state index in [2.05, 4.69) is 42.7 Å². The molecule has 0 aliphatic heterocycles. The fourth-order valence-electron chi connectivity index (χ4n) is 1.70. The van der Waals surface area contributed by atoms with Gasteiger partial charge in [0, 0.05) is 25.3 Å². The summed E-state index contributed by atoms with van der Waals surface area (Å²) in [6, 6.07) is 7.87. The molecule has 0 amide bonds. The Hall–Kier alpha value is 0.0900.